The van der Waals surface area contributed by atoms with Crippen LogP contribution >= 0.6 is 39.1 Å². The van der Waals surface area contributed by atoms with Crippen LogP contribution in [0.15, 0.2) is 51.9 Å². The third-order valence-electron chi connectivity index (χ3n) is 3.45. The molecule has 0 atom stereocenters. The summed E-state index contributed by atoms with van der Waals surface area (Å²) in [5, 5.41) is 3.85. The number of pyridine rings is 1. The van der Waals surface area contributed by atoms with Crippen LogP contribution in [0.25, 0.3) is 6.08 Å². The minimum absolute atomic E-state index is 0.0324. The summed E-state index contributed by atoms with van der Waals surface area (Å²) in [5.41, 5.74) is 0.699. The number of carbonyl (C=O) groups is 1. The Bertz CT molecular complexity index is 834. The maximum atomic E-state index is 11.8. The van der Waals surface area contributed by atoms with Crippen LogP contribution < -0.4 is 10.9 Å². The van der Waals surface area contributed by atoms with E-state index in [1.165, 1.54) is 12.1 Å². The molecular weight excluding hydrogens is 427 g/mol. The molecular formula is C18H17BrCl2N2O2. The number of hydrogen-bond donors (Lipinski definition) is 1. The Labute approximate surface area is 164 Å². The minimum Gasteiger partial charge on any atom is -0.353 e. The number of halogens is 3. The Morgan fingerprint density at radius 2 is 2.00 bits per heavy atom. The molecule has 1 amide bonds. The molecule has 0 fully saturated rings. The van der Waals surface area contributed by atoms with Crippen LogP contribution in [-0.4, -0.2) is 17.0 Å². The lowest BCUT2D eigenvalue weighted by atomic mass is 10.2. The molecule has 132 valence electrons. The first-order valence-corrected chi connectivity index (χ1v) is 9.27. The molecule has 0 aliphatic carbocycles. The Hall–Kier alpha value is -1.56. The Kier molecular flexibility index (Phi) is 7.75. The van der Waals surface area contributed by atoms with E-state index in [-0.39, 0.29) is 11.5 Å². The van der Waals surface area contributed by atoms with Gasteiger partial charge in [-0.05, 0) is 58.6 Å². The van der Waals surface area contributed by atoms with Gasteiger partial charge in [-0.3, -0.25) is 9.59 Å². The van der Waals surface area contributed by atoms with Crippen LogP contribution in [0.5, 0.6) is 0 Å². The van der Waals surface area contributed by atoms with E-state index in [4.69, 9.17) is 23.2 Å². The number of nitrogens with one attached hydrogen (secondary N) is 1. The predicted molar refractivity (Wildman–Crippen MR) is 106 cm³/mol. The van der Waals surface area contributed by atoms with Gasteiger partial charge in [0.15, 0.2) is 0 Å². The first-order valence-electron chi connectivity index (χ1n) is 7.72. The summed E-state index contributed by atoms with van der Waals surface area (Å²) in [6.07, 6.45) is 6.42. The zero-order chi connectivity index (χ0) is 18.2. The molecule has 0 radical (unpaired) electrons. The first kappa shape index (κ1) is 19.8. The van der Waals surface area contributed by atoms with Gasteiger partial charge in [0, 0.05) is 45.9 Å². The summed E-state index contributed by atoms with van der Waals surface area (Å²) in [7, 11) is 0. The molecule has 1 aromatic heterocycles. The zero-order valence-electron chi connectivity index (χ0n) is 13.3. The number of unbranched alkanes of at least 4 members (excludes halogenated alkanes) is 1. The molecule has 0 saturated carbocycles. The third kappa shape index (κ3) is 6.69. The van der Waals surface area contributed by atoms with Gasteiger partial charge in [-0.25, -0.2) is 0 Å². The lowest BCUT2D eigenvalue weighted by Crippen LogP contribution is -2.23. The molecule has 4 nitrogen and oxygen atoms in total. The van der Waals surface area contributed by atoms with Crippen molar-refractivity contribution < 1.29 is 4.79 Å². The van der Waals surface area contributed by atoms with Gasteiger partial charge in [-0.2, -0.15) is 0 Å². The summed E-state index contributed by atoms with van der Waals surface area (Å²) in [6.45, 7) is 1.16. The van der Waals surface area contributed by atoms with E-state index in [0.717, 1.165) is 22.9 Å². The van der Waals surface area contributed by atoms with Crippen molar-refractivity contribution in [3.8, 4) is 0 Å². The van der Waals surface area contributed by atoms with E-state index in [0.29, 0.717) is 23.1 Å². The molecule has 1 aromatic carbocycles. The van der Waals surface area contributed by atoms with E-state index in [9.17, 15) is 9.59 Å². The van der Waals surface area contributed by atoms with Gasteiger partial charge >= 0.3 is 0 Å². The Balaban J connectivity index is 1.72. The average Bonchev–Trinajstić information content (AvgIpc) is 2.56. The number of aryl methyl sites for hydroxylation is 1. The van der Waals surface area contributed by atoms with Crippen molar-refractivity contribution in [2.75, 3.05) is 6.54 Å². The fourth-order valence-corrected chi connectivity index (χ4v) is 3.01. The van der Waals surface area contributed by atoms with Gasteiger partial charge in [-0.1, -0.05) is 29.3 Å². The number of amides is 1. The summed E-state index contributed by atoms with van der Waals surface area (Å²) in [6, 6.07) is 8.35. The molecule has 0 spiro atoms. The highest BCUT2D eigenvalue weighted by molar-refractivity contribution is 9.10. The zero-order valence-corrected chi connectivity index (χ0v) is 16.4. The molecule has 1 heterocycles. The van der Waals surface area contributed by atoms with Crippen LogP contribution in [0.2, 0.25) is 10.0 Å². The van der Waals surface area contributed by atoms with Gasteiger partial charge in [0.2, 0.25) is 5.91 Å². The second-order valence-corrected chi connectivity index (χ2v) is 7.14. The highest BCUT2D eigenvalue weighted by Crippen LogP contribution is 2.21. The predicted octanol–water partition coefficient (Wildman–Crippen LogP) is 4.53. The Morgan fingerprint density at radius 3 is 2.76 bits per heavy atom. The van der Waals surface area contributed by atoms with Gasteiger partial charge in [0.25, 0.3) is 5.56 Å². The van der Waals surface area contributed by atoms with Gasteiger partial charge in [0.05, 0.1) is 0 Å². The smallest absolute Gasteiger partial charge is 0.250 e. The summed E-state index contributed by atoms with van der Waals surface area (Å²) in [5.74, 6) is -0.189. The second-order valence-electron chi connectivity index (χ2n) is 5.38. The molecule has 0 unspecified atom stereocenters. The number of hydrogen-bond acceptors (Lipinski definition) is 2. The van der Waals surface area contributed by atoms with Crippen molar-refractivity contribution in [1.82, 2.24) is 9.88 Å². The van der Waals surface area contributed by atoms with Crippen molar-refractivity contribution in [2.45, 2.75) is 19.4 Å². The highest BCUT2D eigenvalue weighted by Gasteiger charge is 2.00. The van der Waals surface area contributed by atoms with E-state index in [2.05, 4.69) is 21.2 Å². The quantitative estimate of drug-likeness (QED) is 0.504. The van der Waals surface area contributed by atoms with Crippen molar-refractivity contribution in [3.63, 3.8) is 0 Å². The topological polar surface area (TPSA) is 51.1 Å². The van der Waals surface area contributed by atoms with E-state index < -0.39 is 0 Å². The monoisotopic (exact) mass is 442 g/mol. The maximum Gasteiger partial charge on any atom is 0.250 e. The molecule has 0 aliphatic heterocycles. The van der Waals surface area contributed by atoms with Crippen LogP contribution in [0.3, 0.4) is 0 Å². The van der Waals surface area contributed by atoms with Crippen LogP contribution in [-0.2, 0) is 11.3 Å². The van der Waals surface area contributed by atoms with E-state index in [1.807, 2.05) is 0 Å². The summed E-state index contributed by atoms with van der Waals surface area (Å²) >= 11 is 15.2. The normalized spacial score (nSPS) is 11.0. The highest BCUT2D eigenvalue weighted by atomic mass is 79.9. The van der Waals surface area contributed by atoms with Crippen LogP contribution in [0.1, 0.15) is 18.4 Å². The molecule has 7 heteroatoms. The lowest BCUT2D eigenvalue weighted by Gasteiger charge is -2.06. The number of carbonyl (C=O) groups excluding carboxylic acids is 1. The minimum atomic E-state index is -0.189. The fourth-order valence-electron chi connectivity index (χ4n) is 2.16. The van der Waals surface area contributed by atoms with Gasteiger partial charge in [0.1, 0.15) is 0 Å². The number of aromatic nitrogens is 1. The van der Waals surface area contributed by atoms with Crippen molar-refractivity contribution >= 4 is 51.1 Å². The van der Waals surface area contributed by atoms with E-state index >= 15 is 0 Å². The Morgan fingerprint density at radius 1 is 1.20 bits per heavy atom. The van der Waals surface area contributed by atoms with E-state index in [1.54, 1.807) is 41.1 Å². The lowest BCUT2D eigenvalue weighted by molar-refractivity contribution is -0.116. The average molecular weight is 444 g/mol. The number of nitrogens with zero attached hydrogens (tertiary/aromatic N) is 1. The third-order valence-corrected chi connectivity index (χ3v) is 4.48. The van der Waals surface area contributed by atoms with Crippen molar-refractivity contribution in [1.29, 1.82) is 0 Å². The standard InChI is InChI=1S/C18H17BrCl2N2O2/c19-14-5-8-18(25)23(12-14)10-2-1-9-22-17(24)7-4-13-3-6-15(20)11-16(13)21/h3-8,11-12H,1-2,9-10H2,(H,22,24)/b7-4+. The number of benzene rings is 1. The second kappa shape index (κ2) is 9.80. The molecule has 1 N–H and O–H groups in total. The molecule has 2 rings (SSSR count). The van der Waals surface area contributed by atoms with Crippen LogP contribution in [0, 0.1) is 0 Å². The summed E-state index contributed by atoms with van der Waals surface area (Å²) < 4.78 is 2.51. The molecule has 0 aliphatic rings. The van der Waals surface area contributed by atoms with Gasteiger partial charge < -0.3 is 9.88 Å². The molecule has 0 bridgehead atoms. The van der Waals surface area contributed by atoms with Gasteiger partial charge in [-0.15, -0.1) is 0 Å². The number of rotatable bonds is 7. The van der Waals surface area contributed by atoms with Crippen molar-refractivity contribution in [2.24, 2.45) is 0 Å². The molecule has 2 aromatic rings. The largest absolute Gasteiger partial charge is 0.353 e. The fraction of sp³-hybridized carbons (Fsp3) is 0.222. The molecule has 25 heavy (non-hydrogen) atoms. The maximum absolute atomic E-state index is 11.8. The SMILES string of the molecule is O=C(/C=C/c1ccc(Cl)cc1Cl)NCCCCn1cc(Br)ccc1=O. The first-order chi connectivity index (χ1) is 12.0. The van der Waals surface area contributed by atoms with Crippen LogP contribution in [0.4, 0.5) is 0 Å². The summed E-state index contributed by atoms with van der Waals surface area (Å²) in [4.78, 5) is 23.5. The van der Waals surface area contributed by atoms with Crippen molar-refractivity contribution in [3.05, 3.63) is 73.0 Å². The molecule has 0 saturated heterocycles.